The van der Waals surface area contributed by atoms with Gasteiger partial charge in [0.15, 0.2) is 5.82 Å². The van der Waals surface area contributed by atoms with Crippen LogP contribution in [0.5, 0.6) is 0 Å². The van der Waals surface area contributed by atoms with Crippen molar-refractivity contribution in [3.05, 3.63) is 308 Å². The second kappa shape index (κ2) is 23.7. The van der Waals surface area contributed by atoms with E-state index in [4.69, 9.17) is 9.97 Å². The lowest BCUT2D eigenvalue weighted by atomic mass is 9.34. The zero-order chi connectivity index (χ0) is 65.1. The van der Waals surface area contributed by atoms with Gasteiger partial charge in [0, 0.05) is 60.6 Å². The molecular formula is C94H71BN4. The van der Waals surface area contributed by atoms with Gasteiger partial charge in [-0.2, -0.15) is 0 Å². The molecule has 4 aliphatic rings. The Bertz CT molecular complexity index is 5380. The summed E-state index contributed by atoms with van der Waals surface area (Å²) in [7, 11) is 0. The largest absolute Gasteiger partial charge is 0.310 e. The number of hydrogen-bond acceptors (Lipinski definition) is 2. The molecule has 4 nitrogen and oxygen atoms in total. The molecule has 0 saturated heterocycles. The van der Waals surface area contributed by atoms with Crippen LogP contribution in [0.2, 0.25) is 0 Å². The highest BCUT2D eigenvalue weighted by atomic mass is 15.0. The van der Waals surface area contributed by atoms with Crippen molar-refractivity contribution < 1.29 is 0 Å². The first-order valence-corrected chi connectivity index (χ1v) is 36.0. The fourth-order valence-corrected chi connectivity index (χ4v) is 18.0. The average molecular weight is 1270 g/mol. The molecule has 5 heteroatoms. The normalized spacial score (nSPS) is 14.4. The van der Waals surface area contributed by atoms with Crippen molar-refractivity contribution in [1.82, 2.24) is 19.1 Å². The van der Waals surface area contributed by atoms with Gasteiger partial charge in [0.2, 0.25) is 0 Å². The van der Waals surface area contributed by atoms with Gasteiger partial charge in [-0.05, 0) is 211 Å². The van der Waals surface area contributed by atoms with Gasteiger partial charge in [-0.15, -0.1) is 0 Å². The molecule has 2 fully saturated rings. The SMILES string of the molecule is c1ccc(-c2cc(-c3ccccc3)cc(-c3cc(-c4cc5c6c(c4)-n4c7ccc(-c8ccccc8)cc7c7c(C8CCCCC8)ccc(c74)B6c4ccc(C6CCCCC6)c6c7cc(-c8ccccc8)ccc7n-5c46)nc(-c4cc(-c5ccccc5)cc(-c5ccccc5)c4)n3)c2)cc1. The summed E-state index contributed by atoms with van der Waals surface area (Å²) in [6, 6.07) is 112. The predicted octanol–water partition coefficient (Wildman–Crippen LogP) is 22.9. The third-order valence-corrected chi connectivity index (χ3v) is 22.6. The number of nitrogens with zero attached hydrogens (tertiary/aromatic N) is 4. The molecule has 16 aromatic rings. The van der Waals surface area contributed by atoms with E-state index in [0.29, 0.717) is 17.7 Å². The van der Waals surface area contributed by atoms with E-state index >= 15 is 0 Å². The average Bonchev–Trinajstić information content (AvgIpc) is 1.55. The molecule has 5 heterocycles. The Kier molecular flexibility index (Phi) is 13.8. The zero-order valence-electron chi connectivity index (χ0n) is 55.4. The Labute approximate surface area is 578 Å². The van der Waals surface area contributed by atoms with E-state index in [1.807, 2.05) is 0 Å². The van der Waals surface area contributed by atoms with Crippen LogP contribution in [0.4, 0.5) is 0 Å². The molecule has 13 aromatic carbocycles. The van der Waals surface area contributed by atoms with Crippen LogP contribution in [-0.4, -0.2) is 25.8 Å². The molecular weight excluding hydrogens is 1200 g/mol. The highest BCUT2D eigenvalue weighted by molar-refractivity contribution is 7.00. The number of rotatable bonds is 11. The van der Waals surface area contributed by atoms with Gasteiger partial charge in [-0.3, -0.25) is 0 Å². The van der Waals surface area contributed by atoms with Gasteiger partial charge in [-0.25, -0.2) is 9.97 Å². The molecule has 0 unspecified atom stereocenters. The van der Waals surface area contributed by atoms with E-state index in [2.05, 4.69) is 306 Å². The first-order chi connectivity index (χ1) is 49.1. The lowest BCUT2D eigenvalue weighted by molar-refractivity contribution is 0.445. The van der Waals surface area contributed by atoms with E-state index in [1.165, 1.54) is 169 Å². The second-order valence-corrected chi connectivity index (χ2v) is 28.4. The van der Waals surface area contributed by atoms with Crippen molar-refractivity contribution in [1.29, 1.82) is 0 Å². The van der Waals surface area contributed by atoms with Crippen molar-refractivity contribution in [2.24, 2.45) is 0 Å². The van der Waals surface area contributed by atoms with Crippen LogP contribution in [0.1, 0.15) is 87.2 Å². The van der Waals surface area contributed by atoms with Gasteiger partial charge < -0.3 is 9.13 Å². The van der Waals surface area contributed by atoms with Gasteiger partial charge >= 0.3 is 0 Å². The summed E-state index contributed by atoms with van der Waals surface area (Å²) in [4.78, 5) is 11.8. The molecule has 2 aliphatic heterocycles. The molecule has 0 bridgehead atoms. The highest BCUT2D eigenvalue weighted by Crippen LogP contribution is 2.49. The highest BCUT2D eigenvalue weighted by Gasteiger charge is 2.43. The first kappa shape index (κ1) is 57.8. The van der Waals surface area contributed by atoms with Crippen molar-refractivity contribution in [2.75, 3.05) is 0 Å². The van der Waals surface area contributed by atoms with E-state index in [9.17, 15) is 0 Å². The minimum Gasteiger partial charge on any atom is -0.310 e. The summed E-state index contributed by atoms with van der Waals surface area (Å²) in [5.41, 5.74) is 33.5. The smallest absolute Gasteiger partial charge is 0.252 e. The van der Waals surface area contributed by atoms with Crippen LogP contribution in [0.3, 0.4) is 0 Å². The molecule has 470 valence electrons. The Morgan fingerprint density at radius 1 is 0.273 bits per heavy atom. The Morgan fingerprint density at radius 2 is 0.606 bits per heavy atom. The zero-order valence-corrected chi connectivity index (χ0v) is 55.4. The molecule has 0 spiro atoms. The number of fused-ring (bicyclic) bond motifs is 10. The standard InChI is InChI=1S/C94H71BN4/c1-9-25-60(26-10-1)68-41-47-85-79(55-68)89-77(66-37-21-7-22-38-66)43-45-81-92(89)98(85)87-57-75(58-88-91(87)95(81)82-46-44-78(67-39-23-8-24-40-67)90-80-56-69(61-27-11-2-12-28-61)42-48-86(80)99(88)93(82)90)84-59-83(74-51-70(62-29-13-3-14-30-62)49-71(52-74)63-31-15-4-16-32-63)96-94(97-84)76-53-72(64-33-17-5-18-34-64)50-73(54-76)65-35-19-6-20-36-65/h1-6,9-20,25-36,41-59,66-67H,7-8,21-24,37-40H2. The van der Waals surface area contributed by atoms with Crippen LogP contribution >= 0.6 is 0 Å². The lowest BCUT2D eigenvalue weighted by Gasteiger charge is -2.35. The van der Waals surface area contributed by atoms with E-state index in [-0.39, 0.29) is 6.71 Å². The third kappa shape index (κ3) is 9.72. The third-order valence-electron chi connectivity index (χ3n) is 22.6. The molecule has 99 heavy (non-hydrogen) atoms. The van der Waals surface area contributed by atoms with Crippen LogP contribution < -0.4 is 16.4 Å². The molecule has 3 aromatic heterocycles. The fourth-order valence-electron chi connectivity index (χ4n) is 18.0. The number of hydrogen-bond donors (Lipinski definition) is 0. The topological polar surface area (TPSA) is 35.6 Å². The quantitative estimate of drug-likeness (QED) is 0.121. The molecule has 2 saturated carbocycles. The van der Waals surface area contributed by atoms with Gasteiger partial charge in [0.1, 0.15) is 0 Å². The van der Waals surface area contributed by atoms with Crippen molar-refractivity contribution in [2.45, 2.75) is 76.0 Å². The van der Waals surface area contributed by atoms with E-state index in [0.717, 1.165) is 72.6 Å². The Hall–Kier alpha value is -11.4. The first-order valence-electron chi connectivity index (χ1n) is 36.0. The maximum absolute atomic E-state index is 5.99. The molecule has 20 rings (SSSR count). The summed E-state index contributed by atoms with van der Waals surface area (Å²) in [5, 5.41) is 5.50. The van der Waals surface area contributed by atoms with Crippen molar-refractivity contribution >= 4 is 66.7 Å². The van der Waals surface area contributed by atoms with Crippen molar-refractivity contribution in [3.8, 4) is 112 Å². The van der Waals surface area contributed by atoms with Crippen molar-refractivity contribution in [3.63, 3.8) is 0 Å². The molecule has 0 atom stereocenters. The molecule has 2 aliphatic carbocycles. The lowest BCUT2D eigenvalue weighted by Crippen LogP contribution is -2.59. The Balaban J connectivity index is 0.917. The Morgan fingerprint density at radius 3 is 0.980 bits per heavy atom. The van der Waals surface area contributed by atoms with Crippen LogP contribution in [0, 0.1) is 0 Å². The predicted molar refractivity (Wildman–Crippen MR) is 416 cm³/mol. The molecule has 0 N–H and O–H groups in total. The van der Waals surface area contributed by atoms with Crippen LogP contribution in [0.15, 0.2) is 297 Å². The van der Waals surface area contributed by atoms with Gasteiger partial charge in [-0.1, -0.05) is 257 Å². The van der Waals surface area contributed by atoms with E-state index in [1.54, 1.807) is 0 Å². The summed E-state index contributed by atoms with van der Waals surface area (Å²) in [6.07, 6.45) is 12.5. The monoisotopic (exact) mass is 1270 g/mol. The summed E-state index contributed by atoms with van der Waals surface area (Å²) >= 11 is 0. The molecule has 0 radical (unpaired) electrons. The summed E-state index contributed by atoms with van der Waals surface area (Å²) < 4.78 is 5.43. The van der Waals surface area contributed by atoms with Gasteiger partial charge in [0.05, 0.1) is 22.4 Å². The fraction of sp³-hybridized carbons (Fsp3) is 0.128. The maximum atomic E-state index is 5.99. The summed E-state index contributed by atoms with van der Waals surface area (Å²) in [5.74, 6) is 1.63. The second-order valence-electron chi connectivity index (χ2n) is 28.4. The van der Waals surface area contributed by atoms with Crippen LogP contribution in [-0.2, 0) is 0 Å². The minimum absolute atomic E-state index is 0.0449. The minimum atomic E-state index is -0.0449. The number of aromatic nitrogens is 4. The molecule has 0 amide bonds. The maximum Gasteiger partial charge on any atom is 0.252 e. The van der Waals surface area contributed by atoms with E-state index < -0.39 is 0 Å². The summed E-state index contributed by atoms with van der Waals surface area (Å²) in [6.45, 7) is -0.0449. The van der Waals surface area contributed by atoms with Crippen LogP contribution in [0.25, 0.3) is 156 Å². The van der Waals surface area contributed by atoms with Gasteiger partial charge in [0.25, 0.3) is 6.71 Å². The number of benzene rings is 13.